The first kappa shape index (κ1) is 21.6. The first-order chi connectivity index (χ1) is 15.0. The lowest BCUT2D eigenvalue weighted by Gasteiger charge is -2.58. The SMILES string of the molecule is S=C1NC(c2ccccc2Br)C2CCCCC3C(c4ccccc4Br)NC(=S)NC23N1. The van der Waals surface area contributed by atoms with Crippen molar-refractivity contribution in [3.63, 3.8) is 0 Å². The summed E-state index contributed by atoms with van der Waals surface area (Å²) in [5.74, 6) is 0.547. The third-order valence-electron chi connectivity index (χ3n) is 6.95. The molecule has 4 atom stereocenters. The Balaban J connectivity index is 1.64. The Morgan fingerprint density at radius 3 is 1.55 bits per heavy atom. The van der Waals surface area contributed by atoms with Crippen LogP contribution in [0.1, 0.15) is 48.9 Å². The lowest BCUT2D eigenvalue weighted by atomic mass is 9.68. The largest absolute Gasteiger partial charge is 0.355 e. The van der Waals surface area contributed by atoms with Gasteiger partial charge < -0.3 is 21.3 Å². The summed E-state index contributed by atoms with van der Waals surface area (Å²) < 4.78 is 2.21. The molecule has 8 heteroatoms. The van der Waals surface area contributed by atoms with E-state index < -0.39 is 5.66 Å². The summed E-state index contributed by atoms with van der Waals surface area (Å²) in [4.78, 5) is 0. The monoisotopic (exact) mass is 578 g/mol. The van der Waals surface area contributed by atoms with Crippen molar-refractivity contribution in [3.05, 3.63) is 68.6 Å². The normalized spacial score (nSPS) is 32.3. The highest BCUT2D eigenvalue weighted by molar-refractivity contribution is 9.10. The van der Waals surface area contributed by atoms with E-state index in [1.54, 1.807) is 0 Å². The fraction of sp³-hybridized carbons (Fsp3) is 0.391. The van der Waals surface area contributed by atoms with Gasteiger partial charge >= 0.3 is 0 Å². The van der Waals surface area contributed by atoms with Crippen molar-refractivity contribution in [2.75, 3.05) is 0 Å². The van der Waals surface area contributed by atoms with Crippen molar-refractivity contribution >= 4 is 66.5 Å². The summed E-state index contributed by atoms with van der Waals surface area (Å²) >= 11 is 19.1. The van der Waals surface area contributed by atoms with Crippen molar-refractivity contribution < 1.29 is 0 Å². The maximum Gasteiger partial charge on any atom is 0.168 e. The van der Waals surface area contributed by atoms with Gasteiger partial charge in [0.1, 0.15) is 5.66 Å². The number of benzene rings is 2. The van der Waals surface area contributed by atoms with Gasteiger partial charge in [0, 0.05) is 20.8 Å². The lowest BCUT2D eigenvalue weighted by Crippen LogP contribution is -2.79. The van der Waals surface area contributed by atoms with E-state index in [1.165, 1.54) is 24.0 Å². The van der Waals surface area contributed by atoms with Gasteiger partial charge in [-0.1, -0.05) is 81.1 Å². The Hall–Kier alpha value is -1.22. The minimum atomic E-state index is -0.416. The molecule has 2 aromatic carbocycles. The summed E-state index contributed by atoms with van der Waals surface area (Å²) in [6.07, 6.45) is 4.53. The number of nitrogens with one attached hydrogen (secondary N) is 4. The quantitative estimate of drug-likeness (QED) is 0.355. The fourth-order valence-electron chi connectivity index (χ4n) is 5.70. The first-order valence-electron chi connectivity index (χ1n) is 10.7. The Morgan fingerprint density at radius 2 is 1.13 bits per heavy atom. The van der Waals surface area contributed by atoms with Crippen LogP contribution in [0.25, 0.3) is 0 Å². The van der Waals surface area contributed by atoms with Gasteiger partial charge in [0.25, 0.3) is 0 Å². The standard InChI is InChI=1S/C23H24Br2N4S2/c24-17-11-5-1-7-13(17)19-15-9-3-4-10-16-20(14-8-2-6-12-18(14)25)27-22(31)29-23(15,16)28-21(30)26-19/h1-2,5-8,11-12,15-16,19-20H,3-4,9-10H2,(H2,26,28,30)(H2,27,29,31). The molecule has 162 valence electrons. The molecule has 4 nitrogen and oxygen atoms in total. The molecule has 1 saturated carbocycles. The third kappa shape index (κ3) is 3.79. The van der Waals surface area contributed by atoms with Crippen molar-refractivity contribution in [3.8, 4) is 0 Å². The zero-order valence-corrected chi connectivity index (χ0v) is 21.6. The van der Waals surface area contributed by atoms with Gasteiger partial charge in [-0.25, -0.2) is 0 Å². The molecule has 4 N–H and O–H groups in total. The van der Waals surface area contributed by atoms with Crippen molar-refractivity contribution in [1.29, 1.82) is 0 Å². The summed E-state index contributed by atoms with van der Waals surface area (Å²) in [5.41, 5.74) is 2.06. The molecule has 5 rings (SSSR count). The molecular weight excluding hydrogens is 556 g/mol. The summed E-state index contributed by atoms with van der Waals surface area (Å²) in [5, 5.41) is 15.9. The molecule has 2 heterocycles. The molecule has 0 bridgehead atoms. The van der Waals surface area contributed by atoms with E-state index in [0.717, 1.165) is 21.8 Å². The van der Waals surface area contributed by atoms with Gasteiger partial charge in [-0.2, -0.15) is 0 Å². The van der Waals surface area contributed by atoms with Crippen LogP contribution in [0.5, 0.6) is 0 Å². The molecule has 2 aromatic rings. The number of hydrogen-bond acceptors (Lipinski definition) is 2. The second-order valence-corrected chi connectivity index (χ2v) is 11.1. The van der Waals surface area contributed by atoms with Crippen molar-refractivity contribution in [1.82, 2.24) is 21.3 Å². The van der Waals surface area contributed by atoms with Crippen molar-refractivity contribution in [2.45, 2.75) is 43.4 Å². The van der Waals surface area contributed by atoms with Gasteiger partial charge in [-0.05, 0) is 60.5 Å². The van der Waals surface area contributed by atoms with E-state index in [2.05, 4.69) is 102 Å². The Bertz CT molecular complexity index is 949. The lowest BCUT2D eigenvalue weighted by molar-refractivity contribution is 0.0534. The molecule has 0 amide bonds. The molecule has 0 aromatic heterocycles. The number of hydrogen-bond donors (Lipinski definition) is 4. The summed E-state index contributed by atoms with van der Waals surface area (Å²) in [6, 6.07) is 17.1. The zero-order valence-electron chi connectivity index (χ0n) is 16.8. The Labute approximate surface area is 210 Å². The smallest absolute Gasteiger partial charge is 0.168 e. The minimum absolute atomic E-state index is 0.0955. The third-order valence-corrected chi connectivity index (χ3v) is 8.83. The van der Waals surface area contributed by atoms with E-state index in [0.29, 0.717) is 10.2 Å². The van der Waals surface area contributed by atoms with Crippen LogP contribution in [0.15, 0.2) is 57.5 Å². The zero-order chi connectivity index (χ0) is 21.6. The van der Waals surface area contributed by atoms with E-state index in [4.69, 9.17) is 24.4 Å². The van der Waals surface area contributed by atoms with Crippen molar-refractivity contribution in [2.24, 2.45) is 11.8 Å². The van der Waals surface area contributed by atoms with E-state index in [-0.39, 0.29) is 23.9 Å². The van der Waals surface area contributed by atoms with Gasteiger partial charge in [0.05, 0.1) is 12.1 Å². The van der Waals surface area contributed by atoms with E-state index in [1.807, 2.05) is 0 Å². The van der Waals surface area contributed by atoms with Crippen LogP contribution < -0.4 is 21.3 Å². The van der Waals surface area contributed by atoms with Crippen LogP contribution in [-0.4, -0.2) is 15.9 Å². The highest BCUT2D eigenvalue weighted by Crippen LogP contribution is 2.50. The van der Waals surface area contributed by atoms with Crippen LogP contribution in [-0.2, 0) is 0 Å². The average Bonchev–Trinajstić information content (AvgIpc) is 2.92. The van der Waals surface area contributed by atoms with Gasteiger partial charge in [0.2, 0.25) is 0 Å². The van der Waals surface area contributed by atoms with Crippen LogP contribution in [0, 0.1) is 11.8 Å². The molecule has 1 spiro atoms. The maximum atomic E-state index is 5.77. The molecule has 2 saturated heterocycles. The second-order valence-electron chi connectivity index (χ2n) is 8.56. The van der Waals surface area contributed by atoms with Crippen LogP contribution >= 0.6 is 56.3 Å². The molecule has 0 radical (unpaired) electrons. The highest BCUT2D eigenvalue weighted by Gasteiger charge is 2.58. The summed E-state index contributed by atoms with van der Waals surface area (Å²) in [6.45, 7) is 0. The van der Waals surface area contributed by atoms with Crippen LogP contribution in [0.2, 0.25) is 0 Å². The van der Waals surface area contributed by atoms with Gasteiger partial charge in [-0.15, -0.1) is 0 Å². The average molecular weight is 580 g/mol. The highest BCUT2D eigenvalue weighted by atomic mass is 79.9. The van der Waals surface area contributed by atoms with E-state index in [9.17, 15) is 0 Å². The predicted molar refractivity (Wildman–Crippen MR) is 140 cm³/mol. The Morgan fingerprint density at radius 1 is 0.710 bits per heavy atom. The Kier molecular flexibility index (Phi) is 6.01. The molecule has 1 aliphatic carbocycles. The maximum absolute atomic E-state index is 5.77. The van der Waals surface area contributed by atoms with Gasteiger partial charge in [-0.3, -0.25) is 0 Å². The van der Waals surface area contributed by atoms with E-state index >= 15 is 0 Å². The second kappa shape index (κ2) is 8.61. The number of halogens is 2. The molecule has 4 unspecified atom stereocenters. The number of thiocarbonyl (C=S) groups is 2. The predicted octanol–water partition coefficient (Wildman–Crippen LogP) is 5.45. The molecular formula is C23H24Br2N4S2. The first-order valence-corrected chi connectivity index (χ1v) is 13.1. The number of rotatable bonds is 2. The van der Waals surface area contributed by atoms with Crippen LogP contribution in [0.3, 0.4) is 0 Å². The molecule has 3 fully saturated rings. The molecule has 3 aliphatic rings. The van der Waals surface area contributed by atoms with Crippen LogP contribution in [0.4, 0.5) is 0 Å². The fourth-order valence-corrected chi connectivity index (χ4v) is 7.35. The topological polar surface area (TPSA) is 48.1 Å². The minimum Gasteiger partial charge on any atom is -0.355 e. The molecule has 31 heavy (non-hydrogen) atoms. The van der Waals surface area contributed by atoms with Gasteiger partial charge in [0.15, 0.2) is 10.2 Å². The molecule has 2 aliphatic heterocycles. The summed E-state index contributed by atoms with van der Waals surface area (Å²) in [7, 11) is 0.